The van der Waals surface area contributed by atoms with Crippen molar-refractivity contribution in [2.45, 2.75) is 6.61 Å². The van der Waals surface area contributed by atoms with Crippen LogP contribution in [0.5, 0.6) is 0 Å². The van der Waals surface area contributed by atoms with Gasteiger partial charge < -0.3 is 31.9 Å². The van der Waals surface area contributed by atoms with Gasteiger partial charge in [0.2, 0.25) is 0 Å². The van der Waals surface area contributed by atoms with E-state index in [-0.39, 0.29) is 40.5 Å². The maximum absolute atomic E-state index is 12.9. The Kier molecular flexibility index (Phi) is 19.1. The molecule has 4 aromatic rings. The van der Waals surface area contributed by atoms with Crippen LogP contribution in [0, 0.1) is 5.41 Å². The fourth-order valence-electron chi connectivity index (χ4n) is 5.39. The number of carboxylic acids is 1. The van der Waals surface area contributed by atoms with Gasteiger partial charge >= 0.3 is 26.8 Å². The van der Waals surface area contributed by atoms with E-state index in [2.05, 4.69) is 49.7 Å². The zero-order valence-corrected chi connectivity index (χ0v) is 38.7. The smallest absolute Gasteiger partial charge is 0.397 e. The molecule has 0 aliphatic heterocycles. The lowest BCUT2D eigenvalue weighted by Gasteiger charge is -2.13. The second-order valence-electron chi connectivity index (χ2n) is 13.7. The van der Waals surface area contributed by atoms with Crippen LogP contribution in [0.4, 0.5) is 45.5 Å². The summed E-state index contributed by atoms with van der Waals surface area (Å²) >= 11 is 0. The topological polar surface area (TPSA) is 450 Å². The maximum Gasteiger partial charge on any atom is 0.397 e. The summed E-state index contributed by atoms with van der Waals surface area (Å²) in [5, 5.41) is 46.8. The minimum Gasteiger partial charge on any atom is -0.479 e. The highest BCUT2D eigenvalue weighted by Crippen LogP contribution is 2.49. The number of carbonyl (C=O) groups is 3. The van der Waals surface area contributed by atoms with Crippen LogP contribution in [-0.4, -0.2) is 121 Å². The van der Waals surface area contributed by atoms with Gasteiger partial charge in [-0.2, -0.15) is 32.2 Å². The number of rotatable bonds is 26. The first kappa shape index (κ1) is 54.4. The zero-order chi connectivity index (χ0) is 51.0. The van der Waals surface area contributed by atoms with Crippen LogP contribution in [0.1, 0.15) is 36.6 Å². The molecule has 0 heterocycles. The van der Waals surface area contributed by atoms with Crippen LogP contribution in [0.2, 0.25) is 0 Å². The number of anilines is 2. The predicted molar refractivity (Wildman–Crippen MR) is 245 cm³/mol. The molecule has 0 spiro atoms. The van der Waals surface area contributed by atoms with Crippen LogP contribution >= 0.6 is 0 Å². The molecule has 28 nitrogen and oxygen atoms in total. The van der Waals surface area contributed by atoms with E-state index in [0.29, 0.717) is 5.56 Å². The zero-order valence-electron chi connectivity index (χ0n) is 35.4. The number of azo groups is 3. The van der Waals surface area contributed by atoms with Crippen LogP contribution < -0.4 is 22.1 Å². The number of nitrogen functional groups attached to an aromatic ring is 2. The fraction of sp³-hybridized carbons (Fsp3) is 0.243. The number of ether oxygens (including phenoxy) is 1. The Morgan fingerprint density at radius 3 is 1.42 bits per heavy atom. The molecule has 32 heteroatoms. The van der Waals surface area contributed by atoms with Crippen molar-refractivity contribution in [3.05, 3.63) is 95.1 Å². The first-order valence-corrected chi connectivity index (χ1v) is 25.6. The standard InChI is InChI=1S/C37H41N11O17S4/c38-22-63-21-23-7-9-26(10-8-23)43-46-32-29(37(51)52)33(47-44-27-5-1-3-24(19-27)35(49)41-11-15-66(53,54)17-13-64-68(57,58)59)31(40)34(30(32)39)48-45-28-6-2-4-25(20-28)36(50)42-12-16-67(55,56)18-14-65-69(60,61)62/h1-10,19-20,22,38H,11-18,21,39-40H2,(H,41,49)(H,42,50)(H,51,52)(H,57,58,59)(H,60,61,62). The van der Waals surface area contributed by atoms with Crippen molar-refractivity contribution in [3.63, 3.8) is 0 Å². The van der Waals surface area contributed by atoms with E-state index in [1.807, 2.05) is 0 Å². The van der Waals surface area contributed by atoms with Gasteiger partial charge in [-0.3, -0.25) is 24.1 Å². The second-order valence-corrected chi connectivity index (χ2v) is 20.5. The molecule has 4 rings (SSSR count). The van der Waals surface area contributed by atoms with E-state index in [9.17, 15) is 53.2 Å². The lowest BCUT2D eigenvalue weighted by Crippen LogP contribution is -2.30. The summed E-state index contributed by atoms with van der Waals surface area (Å²) in [5.74, 6) is -5.94. The minimum atomic E-state index is -4.86. The number of aromatic carboxylic acids is 1. The Hall–Kier alpha value is -7.20. The first-order valence-electron chi connectivity index (χ1n) is 19.2. The lowest BCUT2D eigenvalue weighted by atomic mass is 10.1. The summed E-state index contributed by atoms with van der Waals surface area (Å²) < 4.78 is 122. The third-order valence-electron chi connectivity index (χ3n) is 8.64. The monoisotopic (exact) mass is 1040 g/mol. The van der Waals surface area contributed by atoms with Crippen molar-refractivity contribution in [3.8, 4) is 0 Å². The Morgan fingerprint density at radius 2 is 1.01 bits per heavy atom. The Bertz CT molecular complexity index is 3120. The van der Waals surface area contributed by atoms with Gasteiger partial charge in [-0.05, 0) is 54.1 Å². The second kappa shape index (κ2) is 24.2. The molecule has 0 aliphatic rings. The largest absolute Gasteiger partial charge is 0.479 e. The summed E-state index contributed by atoms with van der Waals surface area (Å²) in [5.41, 5.74) is 10.6. The Balaban J connectivity index is 1.66. The van der Waals surface area contributed by atoms with Gasteiger partial charge in [0.1, 0.15) is 29.2 Å². The molecular formula is C37H41N11O17S4. The van der Waals surface area contributed by atoms with E-state index in [1.54, 1.807) is 12.1 Å². The molecular weight excluding hydrogens is 999 g/mol. The van der Waals surface area contributed by atoms with E-state index < -0.39 is 136 Å². The van der Waals surface area contributed by atoms with Crippen molar-refractivity contribution >= 4 is 110 Å². The number of hydrogen-bond donors (Lipinski definition) is 8. The number of benzene rings is 4. The van der Waals surface area contributed by atoms with Gasteiger partial charge in [0.25, 0.3) is 11.8 Å². The lowest BCUT2D eigenvalue weighted by molar-refractivity contribution is 0.0697. The van der Waals surface area contributed by atoms with Gasteiger partial charge in [-0.15, -0.1) is 15.3 Å². The average molecular weight is 1040 g/mol. The highest BCUT2D eigenvalue weighted by molar-refractivity contribution is 7.91. The molecule has 0 saturated carbocycles. The number of nitrogens with one attached hydrogen (secondary N) is 3. The summed E-state index contributed by atoms with van der Waals surface area (Å²) in [4.78, 5) is 38.7. The van der Waals surface area contributed by atoms with Crippen molar-refractivity contribution in [1.29, 1.82) is 5.41 Å². The summed E-state index contributed by atoms with van der Waals surface area (Å²) in [6, 6.07) is 16.9. The van der Waals surface area contributed by atoms with E-state index >= 15 is 0 Å². The Morgan fingerprint density at radius 1 is 0.594 bits per heavy atom. The highest BCUT2D eigenvalue weighted by atomic mass is 32.3. The van der Waals surface area contributed by atoms with Crippen LogP contribution in [0.25, 0.3) is 0 Å². The van der Waals surface area contributed by atoms with Gasteiger partial charge in [-0.1, -0.05) is 24.3 Å². The number of hydrogen-bond acceptors (Lipinski definition) is 23. The number of carbonyl (C=O) groups excluding carboxylic acids is 2. The number of carboxylic acid groups (broad SMARTS) is 1. The Labute approximate surface area is 393 Å². The molecule has 0 saturated heterocycles. The normalized spacial score (nSPS) is 12.4. The molecule has 69 heavy (non-hydrogen) atoms. The van der Waals surface area contributed by atoms with Crippen molar-refractivity contribution in [1.82, 2.24) is 10.6 Å². The third-order valence-corrected chi connectivity index (χ3v) is 12.8. The van der Waals surface area contributed by atoms with Crippen LogP contribution in [0.15, 0.2) is 103 Å². The molecule has 370 valence electrons. The molecule has 4 aromatic carbocycles. The molecule has 0 atom stereocenters. The summed E-state index contributed by atoms with van der Waals surface area (Å²) in [6.07, 6.45) is 0.761. The van der Waals surface area contributed by atoms with Crippen molar-refractivity contribution in [2.24, 2.45) is 30.7 Å². The third kappa shape index (κ3) is 18.1. The fourth-order valence-corrected chi connectivity index (χ4v) is 8.10. The van der Waals surface area contributed by atoms with Gasteiger partial charge in [-0.25, -0.2) is 30.0 Å². The van der Waals surface area contributed by atoms with E-state index in [4.69, 9.17) is 30.7 Å². The number of nitrogens with two attached hydrogens (primary N) is 2. The predicted octanol–water partition coefficient (Wildman–Crippen LogP) is 3.85. The number of sulfone groups is 2. The molecule has 10 N–H and O–H groups in total. The molecule has 2 amide bonds. The molecule has 0 unspecified atom stereocenters. The molecule has 0 fully saturated rings. The molecule has 0 radical (unpaired) electrons. The van der Waals surface area contributed by atoms with E-state index in [1.165, 1.54) is 60.7 Å². The van der Waals surface area contributed by atoms with Gasteiger partial charge in [0.05, 0.1) is 64.7 Å². The van der Waals surface area contributed by atoms with Crippen molar-refractivity contribution in [2.75, 3.05) is 60.8 Å². The van der Waals surface area contributed by atoms with Crippen LogP contribution in [0.3, 0.4) is 0 Å². The van der Waals surface area contributed by atoms with E-state index in [0.717, 1.165) is 6.40 Å². The average Bonchev–Trinajstić information content (AvgIpc) is 3.26. The number of amides is 2. The molecule has 0 bridgehead atoms. The van der Waals surface area contributed by atoms with Crippen molar-refractivity contribution < 1.29 is 75.4 Å². The molecule has 0 aliphatic carbocycles. The quantitative estimate of drug-likeness (QED) is 0.0145. The minimum absolute atomic E-state index is 0.0102. The summed E-state index contributed by atoms with van der Waals surface area (Å²) in [7, 11) is -17.6. The SMILES string of the molecule is N=COCc1ccc(N=Nc2c(N)c(N=Nc3cccc(C(=O)NCCS(=O)(=O)CCOS(=O)(=O)O)c3)c(N)c(N=Nc3cccc(C(=O)NCCS(=O)(=O)CCOS(=O)(=O)O)c3)c2C(=O)O)cc1. The maximum atomic E-state index is 12.9. The summed E-state index contributed by atoms with van der Waals surface area (Å²) in [6.45, 7) is -2.42. The highest BCUT2D eigenvalue weighted by Gasteiger charge is 2.27. The number of nitrogens with zero attached hydrogens (tertiary/aromatic N) is 6. The molecule has 0 aromatic heterocycles. The van der Waals surface area contributed by atoms with Gasteiger partial charge in [0.15, 0.2) is 26.1 Å². The van der Waals surface area contributed by atoms with Crippen LogP contribution in [-0.2, 0) is 60.2 Å². The first-order chi connectivity index (χ1) is 32.4. The van der Waals surface area contributed by atoms with Gasteiger partial charge in [0, 0.05) is 24.2 Å².